The third-order valence-electron chi connectivity index (χ3n) is 4.76. The van der Waals surface area contributed by atoms with E-state index in [1.54, 1.807) is 26.0 Å². The van der Waals surface area contributed by atoms with E-state index >= 15 is 0 Å². The van der Waals surface area contributed by atoms with E-state index < -0.39 is 41.0 Å². The van der Waals surface area contributed by atoms with Crippen LogP contribution >= 0.6 is 0 Å². The minimum atomic E-state index is -1.16. The first-order chi connectivity index (χ1) is 11.7. The lowest BCUT2D eigenvalue weighted by atomic mass is 9.80. The van der Waals surface area contributed by atoms with Crippen LogP contribution in [0, 0.1) is 0 Å². The van der Waals surface area contributed by atoms with Crippen molar-refractivity contribution in [3.8, 4) is 0 Å². The van der Waals surface area contributed by atoms with Crippen LogP contribution in [0.5, 0.6) is 0 Å². The molecule has 25 heavy (non-hydrogen) atoms. The summed E-state index contributed by atoms with van der Waals surface area (Å²) in [5, 5.41) is 2.14. The van der Waals surface area contributed by atoms with E-state index in [-0.39, 0.29) is 24.0 Å². The number of carbonyl (C=O) groups is 5. The van der Waals surface area contributed by atoms with Gasteiger partial charge in [-0.15, -0.1) is 0 Å². The molecule has 3 N–H and O–H groups in total. The van der Waals surface area contributed by atoms with E-state index in [0.717, 1.165) is 4.90 Å². The van der Waals surface area contributed by atoms with Crippen LogP contribution in [0.2, 0.25) is 0 Å². The van der Waals surface area contributed by atoms with Crippen LogP contribution in [0.3, 0.4) is 0 Å². The molecule has 0 aliphatic carbocycles. The SMILES string of the molecule is CC(C)(C(N)=O)c1cccc2c1C(=O)N(C1CCC(=O)NC1=O)C2=O. The van der Waals surface area contributed by atoms with Crippen molar-refractivity contribution in [2.24, 2.45) is 5.73 Å². The fourth-order valence-electron chi connectivity index (χ4n) is 3.17. The molecule has 2 heterocycles. The molecule has 0 spiro atoms. The van der Waals surface area contributed by atoms with Gasteiger partial charge in [0.05, 0.1) is 16.5 Å². The van der Waals surface area contributed by atoms with E-state index in [1.807, 2.05) is 0 Å². The Kier molecular flexibility index (Phi) is 3.70. The van der Waals surface area contributed by atoms with Crippen LogP contribution in [0.25, 0.3) is 0 Å². The van der Waals surface area contributed by atoms with E-state index in [2.05, 4.69) is 5.32 Å². The zero-order valence-electron chi connectivity index (χ0n) is 13.8. The summed E-state index contributed by atoms with van der Waals surface area (Å²) in [5.74, 6) is -3.02. The zero-order valence-corrected chi connectivity index (χ0v) is 13.8. The highest BCUT2D eigenvalue weighted by Crippen LogP contribution is 2.35. The van der Waals surface area contributed by atoms with Crippen molar-refractivity contribution in [2.45, 2.75) is 38.1 Å². The summed E-state index contributed by atoms with van der Waals surface area (Å²) in [7, 11) is 0. The first-order valence-electron chi connectivity index (χ1n) is 7.81. The molecule has 1 aromatic carbocycles. The second-order valence-corrected chi connectivity index (χ2v) is 6.66. The highest BCUT2D eigenvalue weighted by molar-refractivity contribution is 6.24. The number of primary amides is 1. The molecule has 8 heteroatoms. The molecule has 8 nitrogen and oxygen atoms in total. The fraction of sp³-hybridized carbons (Fsp3) is 0.353. The maximum atomic E-state index is 12.9. The fourth-order valence-corrected chi connectivity index (χ4v) is 3.17. The number of rotatable bonds is 3. The monoisotopic (exact) mass is 343 g/mol. The molecule has 2 aliphatic rings. The van der Waals surface area contributed by atoms with Crippen LogP contribution in [0.1, 0.15) is 53.0 Å². The standard InChI is InChI=1S/C17H17N3O5/c1-17(2,16(18)25)9-5-3-4-8-12(9)15(24)20(14(8)23)10-6-7-11(21)19-13(10)22/h3-5,10H,6-7H2,1-2H3,(H2,18,25)(H,19,21,22). The average molecular weight is 343 g/mol. The lowest BCUT2D eigenvalue weighted by Crippen LogP contribution is -2.54. The quantitative estimate of drug-likeness (QED) is 0.738. The summed E-state index contributed by atoms with van der Waals surface area (Å²) in [6.07, 6.45) is 0.119. The molecule has 2 aliphatic heterocycles. The summed E-state index contributed by atoms with van der Waals surface area (Å²) in [6, 6.07) is 3.57. The number of nitrogens with zero attached hydrogens (tertiary/aromatic N) is 1. The number of amides is 5. The van der Waals surface area contributed by atoms with Gasteiger partial charge in [-0.3, -0.25) is 34.2 Å². The normalized spacial score (nSPS) is 20.6. The van der Waals surface area contributed by atoms with E-state index in [1.165, 1.54) is 6.07 Å². The van der Waals surface area contributed by atoms with Crippen LogP contribution < -0.4 is 11.1 Å². The third kappa shape index (κ3) is 2.41. The van der Waals surface area contributed by atoms with Crippen molar-refractivity contribution in [3.63, 3.8) is 0 Å². The van der Waals surface area contributed by atoms with Gasteiger partial charge in [-0.2, -0.15) is 0 Å². The summed E-state index contributed by atoms with van der Waals surface area (Å²) in [5.41, 5.74) is 4.83. The van der Waals surface area contributed by atoms with Crippen molar-refractivity contribution in [3.05, 3.63) is 34.9 Å². The lowest BCUT2D eigenvalue weighted by Gasteiger charge is -2.28. The maximum absolute atomic E-state index is 12.9. The molecule has 3 rings (SSSR count). The van der Waals surface area contributed by atoms with Crippen molar-refractivity contribution in [1.82, 2.24) is 10.2 Å². The van der Waals surface area contributed by atoms with Gasteiger partial charge in [0.25, 0.3) is 11.8 Å². The molecular weight excluding hydrogens is 326 g/mol. The van der Waals surface area contributed by atoms with Gasteiger partial charge in [-0.1, -0.05) is 12.1 Å². The van der Waals surface area contributed by atoms with Crippen molar-refractivity contribution < 1.29 is 24.0 Å². The van der Waals surface area contributed by atoms with Gasteiger partial charge in [0.1, 0.15) is 6.04 Å². The summed E-state index contributed by atoms with van der Waals surface area (Å²) in [6.45, 7) is 3.13. The molecule has 0 bridgehead atoms. The molecule has 0 radical (unpaired) electrons. The van der Waals surface area contributed by atoms with Crippen LogP contribution in [0.4, 0.5) is 0 Å². The average Bonchev–Trinajstić information content (AvgIpc) is 2.79. The molecule has 0 saturated carbocycles. The molecule has 1 atom stereocenters. The number of hydrogen-bond acceptors (Lipinski definition) is 5. The number of fused-ring (bicyclic) bond motifs is 1. The predicted molar refractivity (Wildman–Crippen MR) is 85.3 cm³/mol. The Morgan fingerprint density at radius 1 is 1.20 bits per heavy atom. The van der Waals surface area contributed by atoms with Gasteiger partial charge < -0.3 is 5.73 Å². The largest absolute Gasteiger partial charge is 0.369 e. The van der Waals surface area contributed by atoms with E-state index in [0.29, 0.717) is 5.56 Å². The molecule has 5 amide bonds. The van der Waals surface area contributed by atoms with Gasteiger partial charge in [0.15, 0.2) is 0 Å². The molecule has 1 unspecified atom stereocenters. The summed E-state index contributed by atoms with van der Waals surface area (Å²) in [4.78, 5) is 61.7. The topological polar surface area (TPSA) is 127 Å². The number of imide groups is 2. The maximum Gasteiger partial charge on any atom is 0.262 e. The second kappa shape index (κ2) is 5.51. The first kappa shape index (κ1) is 16.8. The smallest absolute Gasteiger partial charge is 0.262 e. The van der Waals surface area contributed by atoms with Crippen molar-refractivity contribution in [2.75, 3.05) is 0 Å². The van der Waals surface area contributed by atoms with Crippen LogP contribution in [-0.4, -0.2) is 40.5 Å². The summed E-state index contributed by atoms with van der Waals surface area (Å²) >= 11 is 0. The Balaban J connectivity index is 2.08. The van der Waals surface area contributed by atoms with E-state index in [9.17, 15) is 24.0 Å². The van der Waals surface area contributed by atoms with Gasteiger partial charge >= 0.3 is 0 Å². The van der Waals surface area contributed by atoms with E-state index in [4.69, 9.17) is 5.73 Å². The number of benzene rings is 1. The Morgan fingerprint density at radius 3 is 2.48 bits per heavy atom. The van der Waals surface area contributed by atoms with Crippen molar-refractivity contribution in [1.29, 1.82) is 0 Å². The Hall–Kier alpha value is -3.03. The minimum absolute atomic E-state index is 0.0451. The third-order valence-corrected chi connectivity index (χ3v) is 4.76. The van der Waals surface area contributed by atoms with Gasteiger partial charge in [-0.25, -0.2) is 0 Å². The number of piperidine rings is 1. The molecule has 1 fully saturated rings. The minimum Gasteiger partial charge on any atom is -0.369 e. The molecule has 130 valence electrons. The first-order valence-corrected chi connectivity index (χ1v) is 7.81. The van der Waals surface area contributed by atoms with Crippen LogP contribution in [0.15, 0.2) is 18.2 Å². The number of hydrogen-bond donors (Lipinski definition) is 2. The van der Waals surface area contributed by atoms with Gasteiger partial charge in [-0.05, 0) is 31.9 Å². The zero-order chi connectivity index (χ0) is 18.5. The number of nitrogens with two attached hydrogens (primary N) is 1. The Morgan fingerprint density at radius 2 is 1.88 bits per heavy atom. The van der Waals surface area contributed by atoms with Crippen LogP contribution in [-0.2, 0) is 19.8 Å². The highest BCUT2D eigenvalue weighted by Gasteiger charge is 2.47. The second-order valence-electron chi connectivity index (χ2n) is 6.66. The highest BCUT2D eigenvalue weighted by atomic mass is 16.2. The molecule has 1 aromatic rings. The van der Waals surface area contributed by atoms with Gasteiger partial charge in [0, 0.05) is 6.42 Å². The molecule has 0 aromatic heterocycles. The predicted octanol–water partition coefficient (Wildman–Crippen LogP) is -0.149. The molecular formula is C17H17N3O5. The Bertz CT molecular complexity index is 843. The Labute approximate surface area is 143 Å². The summed E-state index contributed by atoms with van der Waals surface area (Å²) < 4.78 is 0. The number of carbonyl (C=O) groups excluding carboxylic acids is 5. The molecule has 1 saturated heterocycles. The van der Waals surface area contributed by atoms with Gasteiger partial charge in [0.2, 0.25) is 17.7 Å². The lowest BCUT2D eigenvalue weighted by molar-refractivity contribution is -0.136. The number of nitrogens with one attached hydrogen (secondary N) is 1. The van der Waals surface area contributed by atoms with Crippen molar-refractivity contribution >= 4 is 29.5 Å².